The molecule has 0 radical (unpaired) electrons. The highest BCUT2D eigenvalue weighted by Crippen LogP contribution is 2.29. The van der Waals surface area contributed by atoms with Crippen molar-refractivity contribution in [1.82, 2.24) is 10.2 Å². The van der Waals surface area contributed by atoms with Crippen molar-refractivity contribution in [2.45, 2.75) is 5.22 Å². The smallest absolute Gasteiger partial charge is 0.276 e. The second-order valence-electron chi connectivity index (χ2n) is 2.82. The predicted molar refractivity (Wildman–Crippen MR) is 60.9 cm³/mol. The molecule has 2 rings (SSSR count). The number of benzene rings is 1. The third-order valence-electron chi connectivity index (χ3n) is 1.80. The van der Waals surface area contributed by atoms with Crippen LogP contribution in [0.4, 0.5) is 5.69 Å². The average Bonchev–Trinajstić information content (AvgIpc) is 2.66. The minimum atomic E-state index is 0.407. The monoisotopic (exact) mass is 241 g/mol. The topological polar surface area (TPSA) is 64.9 Å². The molecule has 78 valence electrons. The van der Waals surface area contributed by atoms with E-state index in [1.807, 2.05) is 6.26 Å². The van der Waals surface area contributed by atoms with Crippen molar-refractivity contribution in [1.29, 1.82) is 0 Å². The van der Waals surface area contributed by atoms with E-state index < -0.39 is 0 Å². The molecule has 0 saturated carbocycles. The molecular formula is C9H8ClN3OS. The first-order chi connectivity index (χ1) is 7.20. The summed E-state index contributed by atoms with van der Waals surface area (Å²) in [5.74, 6) is 0.407. The van der Waals surface area contributed by atoms with Crippen molar-refractivity contribution in [3.8, 4) is 11.5 Å². The van der Waals surface area contributed by atoms with E-state index in [-0.39, 0.29) is 0 Å². The van der Waals surface area contributed by atoms with Crippen LogP contribution in [0.25, 0.3) is 11.5 Å². The van der Waals surface area contributed by atoms with Gasteiger partial charge in [-0.1, -0.05) is 23.4 Å². The third kappa shape index (κ3) is 2.08. The summed E-state index contributed by atoms with van der Waals surface area (Å²) in [5.41, 5.74) is 6.88. The van der Waals surface area contributed by atoms with Crippen molar-refractivity contribution in [3.05, 3.63) is 23.2 Å². The summed E-state index contributed by atoms with van der Waals surface area (Å²) in [5, 5.41) is 8.73. The standard InChI is InChI=1S/C9H8ClN3OS/c1-15-9-13-12-8(14-9)6-3-2-5(11)4-7(6)10/h2-4H,11H2,1H3. The molecule has 0 fully saturated rings. The number of nitrogens with two attached hydrogens (primary N) is 1. The largest absolute Gasteiger partial charge is 0.411 e. The Bertz CT molecular complexity index is 486. The maximum Gasteiger partial charge on any atom is 0.276 e. The van der Waals surface area contributed by atoms with Crippen molar-refractivity contribution < 1.29 is 4.42 Å². The lowest BCUT2D eigenvalue weighted by Gasteiger charge is -1.99. The highest BCUT2D eigenvalue weighted by Gasteiger charge is 2.11. The van der Waals surface area contributed by atoms with Crippen LogP contribution < -0.4 is 5.73 Å². The molecule has 1 heterocycles. The number of nitrogens with zero attached hydrogens (tertiary/aromatic N) is 2. The predicted octanol–water partition coefficient (Wildman–Crippen LogP) is 2.69. The summed E-state index contributed by atoms with van der Waals surface area (Å²) >= 11 is 7.39. The number of hydrogen-bond donors (Lipinski definition) is 1. The van der Waals surface area contributed by atoms with Gasteiger partial charge in [0, 0.05) is 5.69 Å². The fourth-order valence-corrected chi connectivity index (χ4v) is 1.66. The highest BCUT2D eigenvalue weighted by atomic mass is 35.5. The minimum absolute atomic E-state index is 0.407. The van der Waals surface area contributed by atoms with E-state index in [0.717, 1.165) is 0 Å². The first-order valence-corrected chi connectivity index (χ1v) is 5.74. The minimum Gasteiger partial charge on any atom is -0.411 e. The molecule has 1 aromatic heterocycles. The molecule has 2 N–H and O–H groups in total. The Labute approximate surface area is 95.8 Å². The summed E-state index contributed by atoms with van der Waals surface area (Å²) in [7, 11) is 0. The van der Waals surface area contributed by atoms with Crippen LogP contribution in [0.3, 0.4) is 0 Å². The highest BCUT2D eigenvalue weighted by molar-refractivity contribution is 7.98. The maximum absolute atomic E-state index is 6.00. The fraction of sp³-hybridized carbons (Fsp3) is 0.111. The number of anilines is 1. The van der Waals surface area contributed by atoms with Gasteiger partial charge in [0.1, 0.15) is 0 Å². The Morgan fingerprint density at radius 2 is 2.20 bits per heavy atom. The summed E-state index contributed by atoms with van der Waals surface area (Å²) in [6.45, 7) is 0. The van der Waals surface area contributed by atoms with Crippen LogP contribution in [0.1, 0.15) is 0 Å². The zero-order valence-electron chi connectivity index (χ0n) is 7.90. The van der Waals surface area contributed by atoms with Gasteiger partial charge in [-0.15, -0.1) is 10.2 Å². The molecule has 0 aliphatic carbocycles. The summed E-state index contributed by atoms with van der Waals surface area (Å²) in [6.07, 6.45) is 1.86. The number of hydrogen-bond acceptors (Lipinski definition) is 5. The summed E-state index contributed by atoms with van der Waals surface area (Å²) in [4.78, 5) is 0. The van der Waals surface area contributed by atoms with Crippen molar-refractivity contribution >= 4 is 29.1 Å². The Morgan fingerprint density at radius 3 is 2.80 bits per heavy atom. The van der Waals surface area contributed by atoms with Crippen molar-refractivity contribution in [3.63, 3.8) is 0 Å². The van der Waals surface area contributed by atoms with Crippen molar-refractivity contribution in [2.75, 3.05) is 12.0 Å². The van der Waals surface area contributed by atoms with E-state index in [0.29, 0.717) is 27.4 Å². The number of thioether (sulfide) groups is 1. The first-order valence-electron chi connectivity index (χ1n) is 4.13. The Balaban J connectivity index is 2.44. The molecule has 2 aromatic rings. The molecular weight excluding hydrogens is 234 g/mol. The van der Waals surface area contributed by atoms with Gasteiger partial charge in [0.2, 0.25) is 5.89 Å². The zero-order chi connectivity index (χ0) is 10.8. The van der Waals surface area contributed by atoms with Crippen LogP contribution in [0, 0.1) is 0 Å². The van der Waals surface area contributed by atoms with E-state index >= 15 is 0 Å². The van der Waals surface area contributed by atoms with Gasteiger partial charge < -0.3 is 10.2 Å². The van der Waals surface area contributed by atoms with Gasteiger partial charge in [-0.25, -0.2) is 0 Å². The molecule has 0 amide bonds. The van der Waals surface area contributed by atoms with Crippen LogP contribution in [-0.4, -0.2) is 16.5 Å². The van der Waals surface area contributed by atoms with Gasteiger partial charge in [-0.2, -0.15) is 0 Å². The zero-order valence-corrected chi connectivity index (χ0v) is 9.47. The van der Waals surface area contributed by atoms with E-state index in [1.54, 1.807) is 18.2 Å². The molecule has 1 aromatic carbocycles. The molecule has 0 spiro atoms. The van der Waals surface area contributed by atoms with Crippen LogP contribution in [0.15, 0.2) is 27.8 Å². The normalized spacial score (nSPS) is 10.5. The van der Waals surface area contributed by atoms with E-state index in [4.69, 9.17) is 21.8 Å². The molecule has 0 saturated heterocycles. The Hall–Kier alpha value is -1.20. The lowest BCUT2D eigenvalue weighted by molar-refractivity contribution is 0.466. The molecule has 6 heteroatoms. The van der Waals surface area contributed by atoms with Gasteiger partial charge in [0.25, 0.3) is 5.22 Å². The summed E-state index contributed by atoms with van der Waals surface area (Å²) in [6, 6.07) is 5.15. The molecule has 0 aliphatic heterocycles. The fourth-order valence-electron chi connectivity index (χ4n) is 1.11. The van der Waals surface area contributed by atoms with Gasteiger partial charge in [0.15, 0.2) is 0 Å². The molecule has 0 unspecified atom stereocenters. The average molecular weight is 242 g/mol. The maximum atomic E-state index is 6.00. The van der Waals surface area contributed by atoms with Gasteiger partial charge in [-0.05, 0) is 24.5 Å². The van der Waals surface area contributed by atoms with Crippen LogP contribution in [0.2, 0.25) is 5.02 Å². The van der Waals surface area contributed by atoms with Crippen LogP contribution in [0.5, 0.6) is 0 Å². The first kappa shape index (κ1) is 10.3. The van der Waals surface area contributed by atoms with Crippen LogP contribution >= 0.6 is 23.4 Å². The van der Waals surface area contributed by atoms with E-state index in [1.165, 1.54) is 11.8 Å². The number of rotatable bonds is 2. The van der Waals surface area contributed by atoms with Gasteiger partial charge >= 0.3 is 0 Å². The second-order valence-corrected chi connectivity index (χ2v) is 3.98. The SMILES string of the molecule is CSc1nnc(-c2ccc(N)cc2Cl)o1. The van der Waals surface area contributed by atoms with Crippen molar-refractivity contribution in [2.24, 2.45) is 0 Å². The van der Waals surface area contributed by atoms with Crippen LogP contribution in [-0.2, 0) is 0 Å². The molecule has 4 nitrogen and oxygen atoms in total. The number of aromatic nitrogens is 2. The quantitative estimate of drug-likeness (QED) is 0.647. The number of halogens is 1. The second kappa shape index (κ2) is 4.12. The molecule has 0 bridgehead atoms. The lowest BCUT2D eigenvalue weighted by atomic mass is 10.2. The Morgan fingerprint density at radius 1 is 1.40 bits per heavy atom. The van der Waals surface area contributed by atoms with E-state index in [9.17, 15) is 0 Å². The molecule has 0 atom stereocenters. The third-order valence-corrected chi connectivity index (χ3v) is 2.63. The van der Waals surface area contributed by atoms with Gasteiger partial charge in [0.05, 0.1) is 10.6 Å². The molecule has 0 aliphatic rings. The van der Waals surface area contributed by atoms with Gasteiger partial charge in [-0.3, -0.25) is 0 Å². The van der Waals surface area contributed by atoms with E-state index in [2.05, 4.69) is 10.2 Å². The summed E-state index contributed by atoms with van der Waals surface area (Å²) < 4.78 is 5.36. The number of nitrogen functional groups attached to an aromatic ring is 1. The Kier molecular flexibility index (Phi) is 2.83. The lowest BCUT2D eigenvalue weighted by Crippen LogP contribution is -1.86. The molecule has 15 heavy (non-hydrogen) atoms.